The van der Waals surface area contributed by atoms with Gasteiger partial charge in [0.25, 0.3) is 0 Å². The van der Waals surface area contributed by atoms with Crippen LogP contribution in [-0.2, 0) is 31.4 Å². The molecule has 0 spiro atoms. The molecule has 7 heteroatoms. The van der Waals surface area contributed by atoms with Gasteiger partial charge in [0.2, 0.25) is 5.91 Å². The average Bonchev–Trinajstić information content (AvgIpc) is 3.14. The van der Waals surface area contributed by atoms with Crippen molar-refractivity contribution in [3.8, 4) is 0 Å². The molecule has 1 aliphatic rings. The van der Waals surface area contributed by atoms with Crippen LogP contribution in [0.15, 0.2) is 18.7 Å². The summed E-state index contributed by atoms with van der Waals surface area (Å²) in [5.41, 5.74) is 0. The monoisotopic (exact) mass is 302 g/mol. The predicted molar refractivity (Wildman–Crippen MR) is 80.7 cm³/mol. The van der Waals surface area contributed by atoms with E-state index in [9.17, 15) is 4.79 Å². The summed E-state index contributed by atoms with van der Waals surface area (Å²) in [6, 6.07) is 0. The first-order valence-corrected chi connectivity index (χ1v) is 7.80. The van der Waals surface area contributed by atoms with Crippen molar-refractivity contribution in [1.29, 1.82) is 0 Å². The molecule has 0 saturated heterocycles. The lowest BCUT2D eigenvalue weighted by molar-refractivity contribution is -0.137. The molecule has 7 nitrogen and oxygen atoms in total. The molecule has 0 saturated carbocycles. The first-order chi connectivity index (χ1) is 10.7. The van der Waals surface area contributed by atoms with Crippen LogP contribution in [-0.4, -0.2) is 41.7 Å². The molecular formula is C15H22N6O. The fraction of sp³-hybridized carbons (Fsp3) is 0.600. The van der Waals surface area contributed by atoms with Gasteiger partial charge in [-0.1, -0.05) is 6.92 Å². The first kappa shape index (κ1) is 14.7. The van der Waals surface area contributed by atoms with E-state index in [4.69, 9.17) is 0 Å². The number of aryl methyl sites for hydroxylation is 2. The number of hydrogen-bond donors (Lipinski definition) is 0. The molecule has 22 heavy (non-hydrogen) atoms. The van der Waals surface area contributed by atoms with Crippen LogP contribution in [0.3, 0.4) is 0 Å². The van der Waals surface area contributed by atoms with Gasteiger partial charge in [-0.25, -0.2) is 14.6 Å². The third-order valence-corrected chi connectivity index (χ3v) is 4.21. The van der Waals surface area contributed by atoms with E-state index < -0.39 is 0 Å². The molecule has 1 amide bonds. The summed E-state index contributed by atoms with van der Waals surface area (Å²) in [5, 5.41) is 4.20. The Labute approximate surface area is 130 Å². The van der Waals surface area contributed by atoms with Crippen molar-refractivity contribution < 1.29 is 4.79 Å². The van der Waals surface area contributed by atoms with Crippen LogP contribution in [0.5, 0.6) is 0 Å². The fourth-order valence-corrected chi connectivity index (χ4v) is 2.95. The maximum atomic E-state index is 12.9. The summed E-state index contributed by atoms with van der Waals surface area (Å²) >= 11 is 0. The molecule has 0 bridgehead atoms. The molecule has 0 aromatic carbocycles. The van der Waals surface area contributed by atoms with E-state index in [1.807, 2.05) is 27.4 Å². The Hall–Kier alpha value is -2.18. The number of fused-ring (bicyclic) bond motifs is 1. The van der Waals surface area contributed by atoms with Crippen molar-refractivity contribution in [1.82, 2.24) is 29.2 Å². The number of rotatable bonds is 5. The van der Waals surface area contributed by atoms with Gasteiger partial charge in [-0.15, -0.1) is 0 Å². The van der Waals surface area contributed by atoms with E-state index in [1.54, 1.807) is 12.5 Å². The van der Waals surface area contributed by atoms with E-state index in [-0.39, 0.29) is 11.8 Å². The molecule has 3 heterocycles. The number of nitrogens with zero attached hydrogens (tertiary/aromatic N) is 6. The second kappa shape index (κ2) is 6.29. The third kappa shape index (κ3) is 2.88. The molecule has 0 radical (unpaired) electrons. The van der Waals surface area contributed by atoms with Gasteiger partial charge in [0.05, 0.1) is 19.0 Å². The van der Waals surface area contributed by atoms with Gasteiger partial charge in [0, 0.05) is 32.4 Å². The average molecular weight is 302 g/mol. The number of aromatic nitrogens is 5. The van der Waals surface area contributed by atoms with Crippen LogP contribution < -0.4 is 0 Å². The second-order valence-corrected chi connectivity index (χ2v) is 5.81. The van der Waals surface area contributed by atoms with E-state index in [0.717, 1.165) is 37.5 Å². The topological polar surface area (TPSA) is 68.8 Å². The van der Waals surface area contributed by atoms with Crippen LogP contribution >= 0.6 is 0 Å². The highest BCUT2D eigenvalue weighted by Gasteiger charge is 2.29. The Kier molecular flexibility index (Phi) is 4.22. The van der Waals surface area contributed by atoms with Crippen molar-refractivity contribution in [3.63, 3.8) is 0 Å². The lowest BCUT2D eigenvalue weighted by Gasteiger charge is -2.29. The van der Waals surface area contributed by atoms with Crippen molar-refractivity contribution in [3.05, 3.63) is 30.4 Å². The SMILES string of the molecule is CCCN(Cc1nccn1C)C(=O)C1CCc2ncnn2C1. The zero-order valence-electron chi connectivity index (χ0n) is 13.1. The van der Waals surface area contributed by atoms with Crippen LogP contribution in [0.4, 0.5) is 0 Å². The maximum absolute atomic E-state index is 12.9. The summed E-state index contributed by atoms with van der Waals surface area (Å²) in [7, 11) is 1.96. The highest BCUT2D eigenvalue weighted by molar-refractivity contribution is 5.78. The fourth-order valence-electron chi connectivity index (χ4n) is 2.95. The number of imidazole rings is 1. The summed E-state index contributed by atoms with van der Waals surface area (Å²) in [5.74, 6) is 2.08. The largest absolute Gasteiger partial charge is 0.337 e. The minimum absolute atomic E-state index is 0.0129. The van der Waals surface area contributed by atoms with Crippen molar-refractivity contribution >= 4 is 5.91 Å². The smallest absolute Gasteiger partial charge is 0.227 e. The van der Waals surface area contributed by atoms with E-state index in [2.05, 4.69) is 22.0 Å². The minimum Gasteiger partial charge on any atom is -0.337 e. The molecular weight excluding hydrogens is 280 g/mol. The number of carbonyl (C=O) groups excluding carboxylic acids is 1. The molecule has 0 fully saturated rings. The van der Waals surface area contributed by atoms with Crippen molar-refractivity contribution in [2.24, 2.45) is 13.0 Å². The first-order valence-electron chi connectivity index (χ1n) is 7.80. The van der Waals surface area contributed by atoms with Crippen LogP contribution in [0.25, 0.3) is 0 Å². The van der Waals surface area contributed by atoms with Gasteiger partial charge in [0.15, 0.2) is 0 Å². The zero-order chi connectivity index (χ0) is 15.5. The number of amides is 1. The highest BCUT2D eigenvalue weighted by Crippen LogP contribution is 2.20. The molecule has 1 atom stereocenters. The second-order valence-electron chi connectivity index (χ2n) is 5.81. The Balaban J connectivity index is 1.71. The number of carbonyl (C=O) groups is 1. The minimum atomic E-state index is -0.0129. The predicted octanol–water partition coefficient (Wildman–Crippen LogP) is 1.01. The summed E-state index contributed by atoms with van der Waals surface area (Å²) in [6.45, 7) is 4.05. The summed E-state index contributed by atoms with van der Waals surface area (Å²) in [4.78, 5) is 23.4. The van der Waals surface area contributed by atoms with Gasteiger partial charge in [-0.3, -0.25) is 4.79 Å². The Morgan fingerprint density at radius 3 is 3.05 bits per heavy atom. The van der Waals surface area contributed by atoms with Gasteiger partial charge in [-0.05, 0) is 12.8 Å². The quantitative estimate of drug-likeness (QED) is 0.826. The van der Waals surface area contributed by atoms with E-state index in [1.165, 1.54) is 0 Å². The number of hydrogen-bond acceptors (Lipinski definition) is 4. The molecule has 118 valence electrons. The van der Waals surface area contributed by atoms with Crippen molar-refractivity contribution in [2.45, 2.75) is 39.3 Å². The van der Waals surface area contributed by atoms with Gasteiger partial charge in [-0.2, -0.15) is 5.10 Å². The summed E-state index contributed by atoms with van der Waals surface area (Å²) < 4.78 is 3.82. The van der Waals surface area contributed by atoms with Crippen LogP contribution in [0, 0.1) is 5.92 Å². The Morgan fingerprint density at radius 2 is 2.32 bits per heavy atom. The lowest BCUT2D eigenvalue weighted by Crippen LogP contribution is -2.40. The van der Waals surface area contributed by atoms with E-state index >= 15 is 0 Å². The Morgan fingerprint density at radius 1 is 1.45 bits per heavy atom. The summed E-state index contributed by atoms with van der Waals surface area (Å²) in [6.07, 6.45) is 7.85. The zero-order valence-corrected chi connectivity index (χ0v) is 13.1. The molecule has 0 aliphatic carbocycles. The molecule has 3 rings (SSSR count). The van der Waals surface area contributed by atoms with Crippen molar-refractivity contribution in [2.75, 3.05) is 6.54 Å². The molecule has 2 aromatic rings. The maximum Gasteiger partial charge on any atom is 0.227 e. The van der Waals surface area contributed by atoms with E-state index in [0.29, 0.717) is 13.1 Å². The Bertz CT molecular complexity index is 646. The molecule has 1 unspecified atom stereocenters. The lowest BCUT2D eigenvalue weighted by atomic mass is 9.98. The van der Waals surface area contributed by atoms with Crippen LogP contribution in [0.2, 0.25) is 0 Å². The molecule has 1 aliphatic heterocycles. The molecule has 0 N–H and O–H groups in total. The normalized spacial score (nSPS) is 17.3. The standard InChI is InChI=1S/C15H22N6O/c1-3-7-20(10-14-16-6-8-19(14)2)15(22)12-4-5-13-17-11-18-21(13)9-12/h6,8,11-12H,3-5,7,9-10H2,1-2H3. The van der Waals surface area contributed by atoms with Gasteiger partial charge >= 0.3 is 0 Å². The highest BCUT2D eigenvalue weighted by atomic mass is 16.2. The van der Waals surface area contributed by atoms with Gasteiger partial charge in [0.1, 0.15) is 18.0 Å². The third-order valence-electron chi connectivity index (χ3n) is 4.21. The van der Waals surface area contributed by atoms with Gasteiger partial charge < -0.3 is 9.47 Å². The van der Waals surface area contributed by atoms with Crippen LogP contribution in [0.1, 0.15) is 31.4 Å². The molecule has 2 aromatic heterocycles.